The molecule has 2 saturated heterocycles. The van der Waals surface area contributed by atoms with Gasteiger partial charge < -0.3 is 24.8 Å². The summed E-state index contributed by atoms with van der Waals surface area (Å²) >= 11 is 0. The first-order valence-corrected chi connectivity index (χ1v) is 14.6. The lowest BCUT2D eigenvalue weighted by molar-refractivity contribution is -0.0284. The van der Waals surface area contributed by atoms with E-state index in [9.17, 15) is 13.5 Å². The van der Waals surface area contributed by atoms with Crippen LogP contribution in [-0.2, 0) is 10.0 Å². The highest BCUT2D eigenvalue weighted by Gasteiger charge is 2.38. The molecule has 0 saturated carbocycles. The Bertz CT molecular complexity index is 1390. The summed E-state index contributed by atoms with van der Waals surface area (Å²) < 4.78 is 38.7. The van der Waals surface area contributed by atoms with Gasteiger partial charge in [-0.3, -0.25) is 0 Å². The fourth-order valence-electron chi connectivity index (χ4n) is 5.22. The van der Waals surface area contributed by atoms with Crippen LogP contribution >= 0.6 is 0 Å². The van der Waals surface area contributed by atoms with Crippen molar-refractivity contribution < 1.29 is 23.0 Å². The van der Waals surface area contributed by atoms with E-state index in [1.54, 1.807) is 50.7 Å². The summed E-state index contributed by atoms with van der Waals surface area (Å²) in [6.45, 7) is 3.26. The maximum atomic E-state index is 13.3. The molecular weight excluding hydrogens is 518 g/mol. The molecule has 2 aliphatic rings. The fourth-order valence-corrected chi connectivity index (χ4v) is 6.66. The number of hydrogen-bond acceptors (Lipinski definition) is 9. The van der Waals surface area contributed by atoms with Crippen molar-refractivity contribution in [1.29, 1.82) is 0 Å². The maximum Gasteiger partial charge on any atom is 0.243 e. The predicted octanol–water partition coefficient (Wildman–Crippen LogP) is 3.52. The van der Waals surface area contributed by atoms with Crippen molar-refractivity contribution in [2.75, 3.05) is 52.3 Å². The minimum absolute atomic E-state index is 0.220. The summed E-state index contributed by atoms with van der Waals surface area (Å²) in [4.78, 5) is 11.4. The van der Waals surface area contributed by atoms with Gasteiger partial charge in [-0.25, -0.2) is 18.4 Å². The van der Waals surface area contributed by atoms with Gasteiger partial charge in [0.2, 0.25) is 16.0 Å². The van der Waals surface area contributed by atoms with Crippen LogP contribution in [0.2, 0.25) is 0 Å². The van der Waals surface area contributed by atoms with Crippen LogP contribution in [0.4, 0.5) is 11.6 Å². The number of methoxy groups -OCH3 is 2. The van der Waals surface area contributed by atoms with Crippen LogP contribution < -0.4 is 14.8 Å². The van der Waals surface area contributed by atoms with Crippen molar-refractivity contribution in [1.82, 2.24) is 19.2 Å². The maximum absolute atomic E-state index is 13.3. The molecule has 10 nitrogen and oxygen atoms in total. The molecule has 0 aliphatic carbocycles. The summed E-state index contributed by atoms with van der Waals surface area (Å²) in [6, 6.07) is 13.9. The second kappa shape index (κ2) is 11.5. The second-order valence-electron chi connectivity index (χ2n) is 10.1. The topological polar surface area (TPSA) is 117 Å². The third kappa shape index (κ3) is 6.17. The molecule has 2 N–H and O–H groups in total. The largest absolute Gasteiger partial charge is 0.493 e. The van der Waals surface area contributed by atoms with Gasteiger partial charge in [0.15, 0.2) is 11.5 Å². The molecule has 11 heteroatoms. The SMILES string of the molecule is COc1ccc(-c2ccnc(Nc3ccc(S(=O)(=O)N4CCC(O)(CN5CCCC5)CC4)cc3)n2)cc1OC. The van der Waals surface area contributed by atoms with E-state index in [4.69, 9.17) is 9.47 Å². The van der Waals surface area contributed by atoms with Crippen molar-refractivity contribution in [2.45, 2.75) is 36.2 Å². The van der Waals surface area contributed by atoms with E-state index < -0.39 is 15.6 Å². The number of β-amino-alcohol motifs (C(OH)–C–C–N with tert-alkyl or cyclic N) is 1. The molecule has 3 heterocycles. The smallest absolute Gasteiger partial charge is 0.243 e. The molecule has 0 radical (unpaired) electrons. The Morgan fingerprint density at radius 2 is 1.64 bits per heavy atom. The highest BCUT2D eigenvalue weighted by molar-refractivity contribution is 7.89. The number of aromatic nitrogens is 2. The van der Waals surface area contributed by atoms with Gasteiger partial charge in [0.1, 0.15) is 0 Å². The Morgan fingerprint density at radius 3 is 2.31 bits per heavy atom. The van der Waals surface area contributed by atoms with Crippen LogP contribution in [0.15, 0.2) is 59.6 Å². The quantitative estimate of drug-likeness (QED) is 0.410. The minimum Gasteiger partial charge on any atom is -0.493 e. The van der Waals surface area contributed by atoms with Gasteiger partial charge in [-0.05, 0) is 87.3 Å². The third-order valence-corrected chi connectivity index (χ3v) is 9.37. The molecule has 0 atom stereocenters. The molecule has 0 amide bonds. The number of aliphatic hydroxyl groups is 1. The van der Waals surface area contributed by atoms with Gasteiger partial charge in [-0.2, -0.15) is 4.31 Å². The molecule has 2 aliphatic heterocycles. The highest BCUT2D eigenvalue weighted by atomic mass is 32.2. The Morgan fingerprint density at radius 1 is 0.949 bits per heavy atom. The van der Waals surface area contributed by atoms with E-state index in [1.807, 2.05) is 18.2 Å². The number of ether oxygens (including phenoxy) is 2. The lowest BCUT2D eigenvalue weighted by Crippen LogP contribution is -2.51. The Labute approximate surface area is 229 Å². The molecule has 0 spiro atoms. The number of nitrogens with zero attached hydrogens (tertiary/aromatic N) is 4. The van der Waals surface area contributed by atoms with E-state index in [1.165, 1.54) is 4.31 Å². The number of sulfonamides is 1. The number of likely N-dealkylation sites (tertiary alicyclic amines) is 1. The zero-order valence-corrected chi connectivity index (χ0v) is 23.2. The number of nitrogens with one attached hydrogen (secondary N) is 1. The van der Waals surface area contributed by atoms with Gasteiger partial charge in [0.05, 0.1) is 30.4 Å². The van der Waals surface area contributed by atoms with E-state index in [0.29, 0.717) is 61.3 Å². The van der Waals surface area contributed by atoms with Crippen LogP contribution in [0.1, 0.15) is 25.7 Å². The van der Waals surface area contributed by atoms with Crippen LogP contribution in [0, 0.1) is 0 Å². The van der Waals surface area contributed by atoms with Gasteiger partial charge >= 0.3 is 0 Å². The average Bonchev–Trinajstić information content (AvgIpc) is 3.46. The summed E-state index contributed by atoms with van der Waals surface area (Å²) in [5, 5.41) is 14.2. The van der Waals surface area contributed by atoms with Crippen molar-refractivity contribution >= 4 is 21.7 Å². The van der Waals surface area contributed by atoms with Gasteiger partial charge in [-0.15, -0.1) is 0 Å². The number of rotatable bonds is 9. The lowest BCUT2D eigenvalue weighted by Gasteiger charge is -2.39. The van der Waals surface area contributed by atoms with E-state index in [-0.39, 0.29) is 4.90 Å². The number of anilines is 2. The van der Waals surface area contributed by atoms with E-state index in [0.717, 1.165) is 31.5 Å². The first-order valence-electron chi connectivity index (χ1n) is 13.2. The first kappa shape index (κ1) is 27.3. The molecule has 208 valence electrons. The standard InChI is InChI=1S/C28H35N5O5S/c1-37-25-10-5-21(19-26(25)38-2)24-11-14-29-27(31-24)30-22-6-8-23(9-7-22)39(35,36)33-17-12-28(34,13-18-33)20-32-15-3-4-16-32/h5-11,14,19,34H,3-4,12-13,15-18,20H2,1-2H3,(H,29,30,31). The Kier molecular flexibility index (Phi) is 8.03. The van der Waals surface area contributed by atoms with Gasteiger partial charge in [-0.1, -0.05) is 0 Å². The monoisotopic (exact) mass is 553 g/mol. The fraction of sp³-hybridized carbons (Fsp3) is 0.429. The van der Waals surface area contributed by atoms with Gasteiger partial charge in [0.25, 0.3) is 0 Å². The molecule has 5 rings (SSSR count). The molecular formula is C28H35N5O5S. The molecule has 3 aromatic rings. The normalized spacial score (nSPS) is 18.1. The lowest BCUT2D eigenvalue weighted by atomic mass is 9.92. The summed E-state index contributed by atoms with van der Waals surface area (Å²) in [5.74, 6) is 1.61. The molecule has 2 fully saturated rings. The summed E-state index contributed by atoms with van der Waals surface area (Å²) in [5.41, 5.74) is 1.38. The third-order valence-electron chi connectivity index (χ3n) is 7.45. The van der Waals surface area contributed by atoms with E-state index >= 15 is 0 Å². The van der Waals surface area contributed by atoms with Crippen LogP contribution in [0.5, 0.6) is 11.5 Å². The molecule has 0 bridgehead atoms. The number of piperidine rings is 1. The molecule has 39 heavy (non-hydrogen) atoms. The molecule has 0 unspecified atom stereocenters. The summed E-state index contributed by atoms with van der Waals surface area (Å²) in [6.07, 6.45) is 4.86. The van der Waals surface area contributed by atoms with Crippen LogP contribution in [0.3, 0.4) is 0 Å². The first-order chi connectivity index (χ1) is 18.8. The second-order valence-corrected chi connectivity index (χ2v) is 12.0. The minimum atomic E-state index is -3.66. The van der Waals surface area contributed by atoms with Crippen molar-refractivity contribution in [3.8, 4) is 22.8 Å². The van der Waals surface area contributed by atoms with Crippen molar-refractivity contribution in [3.63, 3.8) is 0 Å². The van der Waals surface area contributed by atoms with E-state index in [2.05, 4.69) is 20.2 Å². The Hall–Kier alpha value is -3.25. The van der Waals surface area contributed by atoms with Crippen molar-refractivity contribution in [2.24, 2.45) is 0 Å². The zero-order chi connectivity index (χ0) is 27.5. The van der Waals surface area contributed by atoms with Crippen molar-refractivity contribution in [3.05, 3.63) is 54.7 Å². The highest BCUT2D eigenvalue weighted by Crippen LogP contribution is 2.32. The number of hydrogen-bond donors (Lipinski definition) is 2. The van der Waals surface area contributed by atoms with Gasteiger partial charge in [0, 0.05) is 37.1 Å². The molecule has 1 aromatic heterocycles. The predicted molar refractivity (Wildman–Crippen MR) is 149 cm³/mol. The van der Waals surface area contributed by atoms with Crippen LogP contribution in [-0.4, -0.2) is 85.2 Å². The molecule has 2 aromatic carbocycles. The Balaban J connectivity index is 1.23. The van der Waals surface area contributed by atoms with Crippen LogP contribution in [0.25, 0.3) is 11.3 Å². The summed E-state index contributed by atoms with van der Waals surface area (Å²) in [7, 11) is -0.488. The number of benzene rings is 2. The average molecular weight is 554 g/mol. The zero-order valence-electron chi connectivity index (χ0n) is 22.3.